The van der Waals surface area contributed by atoms with Crippen LogP contribution in [0.15, 0.2) is 36.8 Å². The molecule has 1 aliphatic rings. The van der Waals surface area contributed by atoms with E-state index < -0.39 is 0 Å². The number of ether oxygens (including phenoxy) is 2. The number of carbonyl (C=O) groups excluding carboxylic acids is 1. The number of carbonyl (C=O) groups is 1. The average molecular weight is 330 g/mol. The molecule has 24 heavy (non-hydrogen) atoms. The fourth-order valence-electron chi connectivity index (χ4n) is 2.60. The van der Waals surface area contributed by atoms with Crippen molar-refractivity contribution in [3.63, 3.8) is 0 Å². The van der Waals surface area contributed by atoms with Gasteiger partial charge < -0.3 is 19.6 Å². The molecule has 3 rings (SSSR count). The Labute approximate surface area is 139 Å². The zero-order chi connectivity index (χ0) is 16.9. The Kier molecular flexibility index (Phi) is 4.74. The van der Waals surface area contributed by atoms with Crippen LogP contribution in [0.2, 0.25) is 0 Å². The predicted octanol–water partition coefficient (Wildman–Crippen LogP) is 0.802. The van der Waals surface area contributed by atoms with E-state index in [2.05, 4.69) is 9.97 Å². The molecule has 1 fully saturated rings. The fraction of sp³-hybridized carbons (Fsp3) is 0.375. The molecule has 126 valence electrons. The molecule has 0 radical (unpaired) electrons. The van der Waals surface area contributed by atoms with Crippen molar-refractivity contribution in [1.82, 2.24) is 14.9 Å². The van der Waals surface area contributed by atoms with E-state index in [-0.39, 0.29) is 18.0 Å². The summed E-state index contributed by atoms with van der Waals surface area (Å²) in [6.07, 6.45) is 5.59. The molecule has 1 saturated heterocycles. The minimum atomic E-state index is -0.137. The summed E-state index contributed by atoms with van der Waals surface area (Å²) in [6.45, 7) is 1.14. The Morgan fingerprint density at radius 3 is 2.88 bits per heavy atom. The summed E-state index contributed by atoms with van der Waals surface area (Å²) in [4.78, 5) is 22.2. The minimum Gasteiger partial charge on any atom is -0.619 e. The molecule has 0 atom stereocenters. The van der Waals surface area contributed by atoms with Crippen molar-refractivity contribution in [2.24, 2.45) is 0 Å². The molecule has 0 bridgehead atoms. The number of likely N-dealkylation sites (tertiary alicyclic amines) is 1. The molecule has 0 aliphatic carbocycles. The van der Waals surface area contributed by atoms with E-state index in [9.17, 15) is 10.0 Å². The number of aromatic nitrogens is 3. The van der Waals surface area contributed by atoms with E-state index in [0.717, 1.165) is 0 Å². The van der Waals surface area contributed by atoms with E-state index in [1.165, 1.54) is 19.5 Å². The highest BCUT2D eigenvalue weighted by Gasteiger charge is 2.26. The monoisotopic (exact) mass is 330 g/mol. The van der Waals surface area contributed by atoms with Crippen molar-refractivity contribution in [1.29, 1.82) is 0 Å². The topological polar surface area (TPSA) is 91.5 Å². The second-order valence-electron chi connectivity index (χ2n) is 5.44. The molecule has 0 N–H and O–H groups in total. The van der Waals surface area contributed by atoms with Crippen molar-refractivity contribution >= 4 is 5.91 Å². The molecule has 1 aliphatic heterocycles. The maximum Gasteiger partial charge on any atom is 0.319 e. The quantitative estimate of drug-likeness (QED) is 0.608. The van der Waals surface area contributed by atoms with Gasteiger partial charge in [0.05, 0.1) is 7.11 Å². The van der Waals surface area contributed by atoms with Gasteiger partial charge in [-0.3, -0.25) is 4.79 Å². The summed E-state index contributed by atoms with van der Waals surface area (Å²) in [5.74, 6) is 0.324. The maximum atomic E-state index is 12.4. The molecule has 3 heterocycles. The minimum absolute atomic E-state index is 0.0196. The van der Waals surface area contributed by atoms with Crippen LogP contribution in [-0.4, -0.2) is 47.1 Å². The number of methoxy groups -OCH3 is 1. The first-order valence-electron chi connectivity index (χ1n) is 7.67. The van der Waals surface area contributed by atoms with Gasteiger partial charge in [0.15, 0.2) is 12.4 Å². The number of nitrogens with zero attached hydrogens (tertiary/aromatic N) is 4. The molecule has 8 nitrogen and oxygen atoms in total. The predicted molar refractivity (Wildman–Crippen MR) is 83.5 cm³/mol. The van der Waals surface area contributed by atoms with Gasteiger partial charge in [-0.25, -0.2) is 4.98 Å². The molecular formula is C16H18N4O4. The zero-order valence-electron chi connectivity index (χ0n) is 13.3. The molecule has 2 aromatic heterocycles. The first-order chi connectivity index (χ1) is 11.7. The van der Waals surface area contributed by atoms with Crippen LogP contribution < -0.4 is 14.2 Å². The van der Waals surface area contributed by atoms with E-state index in [1.54, 1.807) is 29.3 Å². The summed E-state index contributed by atoms with van der Waals surface area (Å²) >= 11 is 0. The number of amides is 1. The summed E-state index contributed by atoms with van der Waals surface area (Å²) in [7, 11) is 1.50. The number of pyridine rings is 1. The Morgan fingerprint density at radius 1 is 1.38 bits per heavy atom. The van der Waals surface area contributed by atoms with Gasteiger partial charge in [0.2, 0.25) is 5.88 Å². The van der Waals surface area contributed by atoms with Crippen molar-refractivity contribution in [3.05, 3.63) is 47.6 Å². The second-order valence-corrected chi connectivity index (χ2v) is 5.44. The summed E-state index contributed by atoms with van der Waals surface area (Å²) in [5.41, 5.74) is 0.396. The van der Waals surface area contributed by atoms with Crippen molar-refractivity contribution in [2.45, 2.75) is 18.9 Å². The second kappa shape index (κ2) is 7.12. The van der Waals surface area contributed by atoms with Crippen molar-refractivity contribution in [3.8, 4) is 11.9 Å². The van der Waals surface area contributed by atoms with E-state index >= 15 is 0 Å². The van der Waals surface area contributed by atoms with Gasteiger partial charge >= 0.3 is 6.01 Å². The Morgan fingerprint density at radius 2 is 2.17 bits per heavy atom. The summed E-state index contributed by atoms with van der Waals surface area (Å²) in [6, 6.07) is 5.15. The molecule has 8 heteroatoms. The molecule has 0 saturated carbocycles. The van der Waals surface area contributed by atoms with Crippen molar-refractivity contribution < 1.29 is 19.0 Å². The zero-order valence-corrected chi connectivity index (χ0v) is 13.3. The summed E-state index contributed by atoms with van der Waals surface area (Å²) in [5, 5.41) is 11.3. The highest BCUT2D eigenvalue weighted by Crippen LogP contribution is 2.19. The third-order valence-electron chi connectivity index (χ3n) is 3.83. The smallest absolute Gasteiger partial charge is 0.319 e. The molecule has 0 unspecified atom stereocenters. The number of rotatable bonds is 4. The van der Waals surface area contributed by atoms with Gasteiger partial charge in [0, 0.05) is 44.3 Å². The lowest BCUT2D eigenvalue weighted by Crippen LogP contribution is -2.42. The third-order valence-corrected chi connectivity index (χ3v) is 3.83. The molecule has 2 aromatic rings. The number of hydrogen-bond donors (Lipinski definition) is 0. The van der Waals surface area contributed by atoms with Crippen LogP contribution in [0, 0.1) is 5.21 Å². The SMILES string of the molecule is COc1nccc(OC2CCN(C(=O)c3ccc[n+]([O-])c3)CC2)n1. The lowest BCUT2D eigenvalue weighted by Gasteiger charge is -2.31. The standard InChI is InChI=1S/C16H18N4O4/c1-23-16-17-7-4-14(18-16)24-13-5-9-19(10-6-13)15(21)12-3-2-8-20(22)11-12/h2-4,7-8,11,13H,5-6,9-10H2,1H3. The van der Waals surface area contributed by atoms with Crippen LogP contribution >= 0.6 is 0 Å². The lowest BCUT2D eigenvalue weighted by molar-refractivity contribution is -0.605. The average Bonchev–Trinajstić information content (AvgIpc) is 2.62. The first-order valence-corrected chi connectivity index (χ1v) is 7.67. The van der Waals surface area contributed by atoms with E-state index in [0.29, 0.717) is 42.1 Å². The molecule has 0 spiro atoms. The van der Waals surface area contributed by atoms with Crippen LogP contribution in [0.1, 0.15) is 23.2 Å². The Bertz CT molecular complexity index is 717. The van der Waals surface area contributed by atoms with E-state index in [1.807, 2.05) is 0 Å². The van der Waals surface area contributed by atoms with Crippen LogP contribution in [-0.2, 0) is 0 Å². The van der Waals surface area contributed by atoms with Crippen LogP contribution in [0.5, 0.6) is 11.9 Å². The normalized spacial score (nSPS) is 15.1. The molecule has 0 aromatic carbocycles. The van der Waals surface area contributed by atoms with E-state index in [4.69, 9.17) is 9.47 Å². The van der Waals surface area contributed by atoms with Gasteiger partial charge in [-0.1, -0.05) is 0 Å². The summed E-state index contributed by atoms with van der Waals surface area (Å²) < 4.78 is 11.4. The van der Waals surface area contributed by atoms with Gasteiger partial charge in [0.25, 0.3) is 5.91 Å². The maximum absolute atomic E-state index is 12.4. The number of piperidine rings is 1. The highest BCUT2D eigenvalue weighted by molar-refractivity contribution is 5.93. The Balaban J connectivity index is 1.56. The van der Waals surface area contributed by atoms with Crippen LogP contribution in [0.3, 0.4) is 0 Å². The van der Waals surface area contributed by atoms with Crippen LogP contribution in [0.25, 0.3) is 0 Å². The highest BCUT2D eigenvalue weighted by atomic mass is 16.5. The van der Waals surface area contributed by atoms with Crippen molar-refractivity contribution in [2.75, 3.05) is 20.2 Å². The van der Waals surface area contributed by atoms with Gasteiger partial charge in [-0.2, -0.15) is 9.71 Å². The molecular weight excluding hydrogens is 312 g/mol. The molecule has 1 amide bonds. The largest absolute Gasteiger partial charge is 0.619 e. The van der Waals surface area contributed by atoms with Gasteiger partial charge in [-0.05, 0) is 6.07 Å². The third kappa shape index (κ3) is 3.70. The first kappa shape index (κ1) is 16.0. The van der Waals surface area contributed by atoms with Gasteiger partial charge in [-0.15, -0.1) is 0 Å². The van der Waals surface area contributed by atoms with Gasteiger partial charge in [0.1, 0.15) is 11.7 Å². The Hall–Kier alpha value is -2.90. The van der Waals surface area contributed by atoms with Crippen LogP contribution in [0.4, 0.5) is 0 Å². The lowest BCUT2D eigenvalue weighted by atomic mass is 10.1. The number of hydrogen-bond acceptors (Lipinski definition) is 6. The fourth-order valence-corrected chi connectivity index (χ4v) is 2.60.